The van der Waals surface area contributed by atoms with Gasteiger partial charge in [0, 0.05) is 38.0 Å². The van der Waals surface area contributed by atoms with E-state index >= 15 is 0 Å². The Morgan fingerprint density at radius 2 is 1.62 bits per heavy atom. The Bertz CT molecular complexity index is 1120. The number of unbranched alkanes of at least 4 members (excludes halogenated alkanes) is 2. The quantitative estimate of drug-likeness (QED) is 0.273. The molecule has 0 saturated carbocycles. The molecule has 0 aromatic heterocycles. The summed E-state index contributed by atoms with van der Waals surface area (Å²) < 4.78 is 5.64. The number of carbonyl (C=O) groups is 3. The summed E-state index contributed by atoms with van der Waals surface area (Å²) in [5.74, 6) is 0.368. The van der Waals surface area contributed by atoms with Crippen molar-refractivity contribution >= 4 is 23.5 Å². The molecule has 2 aromatic rings. The molecule has 0 spiro atoms. The van der Waals surface area contributed by atoms with Crippen LogP contribution in [-0.4, -0.2) is 47.9 Å². The van der Waals surface area contributed by atoms with E-state index in [-0.39, 0.29) is 17.8 Å². The molecule has 0 atom stereocenters. The van der Waals surface area contributed by atoms with E-state index in [1.54, 1.807) is 0 Å². The van der Waals surface area contributed by atoms with Crippen LogP contribution >= 0.6 is 0 Å². The molecule has 2 aromatic carbocycles. The number of ketones is 1. The van der Waals surface area contributed by atoms with Gasteiger partial charge in [0.15, 0.2) is 5.78 Å². The monoisotopic (exact) mass is 504 g/mol. The molecular weight excluding hydrogens is 464 g/mol. The number of nitrogens with zero attached hydrogens (tertiary/aromatic N) is 2. The zero-order chi connectivity index (χ0) is 26.4. The molecule has 0 bridgehead atoms. The molecule has 0 unspecified atom stereocenters. The minimum absolute atomic E-state index is 0.168. The summed E-state index contributed by atoms with van der Waals surface area (Å²) in [7, 11) is 0. The highest BCUT2D eigenvalue weighted by molar-refractivity contribution is 6.02. The largest absolute Gasteiger partial charge is 0.444 e. The fraction of sp³-hybridized carbons (Fsp3) is 0.516. The lowest BCUT2D eigenvalue weighted by molar-refractivity contribution is -0.118. The van der Waals surface area contributed by atoms with Gasteiger partial charge in [-0.3, -0.25) is 9.59 Å². The van der Waals surface area contributed by atoms with Gasteiger partial charge in [0.2, 0.25) is 5.91 Å². The molecule has 37 heavy (non-hydrogen) atoms. The second kappa shape index (κ2) is 11.9. The number of aryl methyl sites for hydroxylation is 2. The van der Waals surface area contributed by atoms with Crippen molar-refractivity contribution in [2.75, 3.05) is 24.5 Å². The number of anilines is 1. The molecule has 0 aliphatic carbocycles. The zero-order valence-corrected chi connectivity index (χ0v) is 22.6. The van der Waals surface area contributed by atoms with Crippen LogP contribution in [0.15, 0.2) is 42.5 Å². The van der Waals surface area contributed by atoms with Crippen LogP contribution in [0.2, 0.25) is 0 Å². The summed E-state index contributed by atoms with van der Waals surface area (Å²) in [5, 5.41) is 0. The Morgan fingerprint density at radius 3 is 2.35 bits per heavy atom. The third-order valence-corrected chi connectivity index (χ3v) is 7.09. The lowest BCUT2D eigenvalue weighted by atomic mass is 9.94. The van der Waals surface area contributed by atoms with Crippen molar-refractivity contribution in [3.05, 3.63) is 64.7 Å². The first-order valence-electron chi connectivity index (χ1n) is 13.7. The van der Waals surface area contributed by atoms with Crippen molar-refractivity contribution in [2.24, 2.45) is 0 Å². The van der Waals surface area contributed by atoms with Crippen LogP contribution in [0.5, 0.6) is 0 Å². The molecule has 2 amide bonds. The normalized spacial score (nSPS) is 14.5. The molecule has 0 saturated heterocycles. The standard InChI is InChI=1S/C31H40N2O4/c1-31(2,3)37-30(36)32(19-10-13-23-11-6-4-7-12-23)18-9-5-8-14-27(34)26-21-24-15-16-28(35)33-20-17-25(22-26)29(24)33/h4,6-7,11-12,21-22H,5,8-10,13-20H2,1-3H3. The molecule has 4 rings (SSSR count). The van der Waals surface area contributed by atoms with Gasteiger partial charge in [0.1, 0.15) is 5.60 Å². The van der Waals surface area contributed by atoms with Gasteiger partial charge in [-0.05, 0) is 88.1 Å². The SMILES string of the molecule is CC(C)(C)OC(=O)N(CCCCCC(=O)c1cc2c3c(c1)CCN3C(=O)CC2)CCCc1ccccc1. The van der Waals surface area contributed by atoms with E-state index in [2.05, 4.69) is 12.1 Å². The van der Waals surface area contributed by atoms with Crippen molar-refractivity contribution in [3.63, 3.8) is 0 Å². The fourth-order valence-electron chi connectivity index (χ4n) is 5.27. The molecule has 0 N–H and O–H groups in total. The molecule has 2 aliphatic rings. The maximum atomic E-state index is 12.9. The van der Waals surface area contributed by atoms with E-state index < -0.39 is 5.60 Å². The number of ether oxygens (including phenoxy) is 1. The van der Waals surface area contributed by atoms with Crippen LogP contribution < -0.4 is 4.90 Å². The van der Waals surface area contributed by atoms with Crippen LogP contribution in [0, 0.1) is 0 Å². The van der Waals surface area contributed by atoms with Crippen LogP contribution in [-0.2, 0) is 28.8 Å². The number of benzene rings is 2. The van der Waals surface area contributed by atoms with E-state index in [1.807, 2.05) is 60.9 Å². The second-order valence-corrected chi connectivity index (χ2v) is 11.2. The van der Waals surface area contributed by atoms with Gasteiger partial charge in [-0.1, -0.05) is 36.8 Å². The first-order valence-corrected chi connectivity index (χ1v) is 13.7. The predicted octanol–water partition coefficient (Wildman–Crippen LogP) is 6.13. The van der Waals surface area contributed by atoms with Gasteiger partial charge in [-0.15, -0.1) is 0 Å². The average molecular weight is 505 g/mol. The van der Waals surface area contributed by atoms with Crippen LogP contribution in [0.25, 0.3) is 0 Å². The molecule has 198 valence electrons. The summed E-state index contributed by atoms with van der Waals surface area (Å²) >= 11 is 0. The lowest BCUT2D eigenvalue weighted by Crippen LogP contribution is -2.38. The number of rotatable bonds is 11. The smallest absolute Gasteiger partial charge is 0.410 e. The summed E-state index contributed by atoms with van der Waals surface area (Å²) in [4.78, 5) is 41.6. The van der Waals surface area contributed by atoms with Gasteiger partial charge >= 0.3 is 6.09 Å². The Labute approximate surface area is 221 Å². The summed E-state index contributed by atoms with van der Waals surface area (Å²) in [6.07, 6.45) is 6.63. The number of hydrogen-bond donors (Lipinski definition) is 0. The van der Waals surface area contributed by atoms with Crippen LogP contribution in [0.1, 0.15) is 86.3 Å². The Kier molecular flexibility index (Phi) is 8.67. The van der Waals surface area contributed by atoms with Gasteiger partial charge in [0.05, 0.1) is 5.69 Å². The number of amides is 2. The third kappa shape index (κ3) is 7.21. The molecular formula is C31H40N2O4. The highest BCUT2D eigenvalue weighted by Crippen LogP contribution is 2.37. The van der Waals surface area contributed by atoms with Gasteiger partial charge in [-0.2, -0.15) is 0 Å². The second-order valence-electron chi connectivity index (χ2n) is 11.2. The molecule has 6 heteroatoms. The number of hydrogen-bond acceptors (Lipinski definition) is 4. The van der Waals surface area contributed by atoms with Crippen molar-refractivity contribution < 1.29 is 19.1 Å². The molecule has 0 fully saturated rings. The zero-order valence-electron chi connectivity index (χ0n) is 22.6. The average Bonchev–Trinajstić information content (AvgIpc) is 3.30. The Hall–Kier alpha value is -3.15. The van der Waals surface area contributed by atoms with Gasteiger partial charge in [0.25, 0.3) is 0 Å². The summed E-state index contributed by atoms with van der Waals surface area (Å²) in [6, 6.07) is 14.3. The highest BCUT2D eigenvalue weighted by Gasteiger charge is 2.32. The number of Topliss-reactive ketones (excluding diaryl/α,β-unsaturated/α-hetero) is 1. The van der Waals surface area contributed by atoms with Gasteiger partial charge in [-0.25, -0.2) is 4.79 Å². The minimum Gasteiger partial charge on any atom is -0.444 e. The van der Waals surface area contributed by atoms with Crippen LogP contribution in [0.3, 0.4) is 0 Å². The lowest BCUT2D eigenvalue weighted by Gasteiger charge is -2.27. The van der Waals surface area contributed by atoms with E-state index in [1.165, 1.54) is 5.56 Å². The fourth-order valence-corrected chi connectivity index (χ4v) is 5.27. The predicted molar refractivity (Wildman–Crippen MR) is 146 cm³/mol. The topological polar surface area (TPSA) is 66.9 Å². The van der Waals surface area contributed by atoms with Gasteiger partial charge < -0.3 is 14.5 Å². The first-order chi connectivity index (χ1) is 17.7. The van der Waals surface area contributed by atoms with E-state index in [0.29, 0.717) is 25.9 Å². The summed E-state index contributed by atoms with van der Waals surface area (Å²) in [6.45, 7) is 7.69. The maximum Gasteiger partial charge on any atom is 0.410 e. The Balaban J connectivity index is 1.25. The summed E-state index contributed by atoms with van der Waals surface area (Å²) in [5.41, 5.74) is 4.85. The maximum absolute atomic E-state index is 12.9. The van der Waals surface area contributed by atoms with E-state index in [9.17, 15) is 14.4 Å². The first kappa shape index (κ1) is 26.9. The Morgan fingerprint density at radius 1 is 0.919 bits per heavy atom. The molecule has 6 nitrogen and oxygen atoms in total. The molecule has 2 heterocycles. The van der Waals surface area contributed by atoms with Crippen molar-refractivity contribution in [2.45, 2.75) is 84.2 Å². The number of carbonyl (C=O) groups excluding carboxylic acids is 3. The van der Waals surface area contributed by atoms with E-state index in [4.69, 9.17) is 4.74 Å². The van der Waals surface area contributed by atoms with Crippen LogP contribution in [0.4, 0.5) is 10.5 Å². The molecule has 2 aliphatic heterocycles. The van der Waals surface area contributed by atoms with Crippen molar-refractivity contribution in [3.8, 4) is 0 Å². The minimum atomic E-state index is -0.527. The third-order valence-electron chi connectivity index (χ3n) is 7.09. The van der Waals surface area contributed by atoms with Crippen molar-refractivity contribution in [1.82, 2.24) is 4.90 Å². The molecule has 0 radical (unpaired) electrons. The van der Waals surface area contributed by atoms with Crippen molar-refractivity contribution in [1.29, 1.82) is 0 Å². The highest BCUT2D eigenvalue weighted by atomic mass is 16.6. The van der Waals surface area contributed by atoms with E-state index in [0.717, 1.165) is 73.9 Å².